The van der Waals surface area contributed by atoms with Crippen LogP contribution in [0.15, 0.2) is 78.9 Å². The van der Waals surface area contributed by atoms with Crippen molar-refractivity contribution in [1.29, 1.82) is 0 Å². The summed E-state index contributed by atoms with van der Waals surface area (Å²) >= 11 is 0. The van der Waals surface area contributed by atoms with E-state index in [4.69, 9.17) is 28.4 Å². The van der Waals surface area contributed by atoms with E-state index in [1.807, 2.05) is 30.3 Å². The number of nitrogens with one attached hydrogen (secondary N) is 1. The summed E-state index contributed by atoms with van der Waals surface area (Å²) in [6.07, 6.45) is -1.32. The molecular weight excluding hydrogens is 608 g/mol. The number of alkyl carbamates (subject to hydrolysis) is 1. The van der Waals surface area contributed by atoms with Gasteiger partial charge < -0.3 is 33.7 Å². The van der Waals surface area contributed by atoms with E-state index < -0.39 is 38.3 Å². The lowest BCUT2D eigenvalue weighted by Crippen LogP contribution is -2.47. The highest BCUT2D eigenvalue weighted by molar-refractivity contribution is 6.76. The first kappa shape index (κ1) is 34.5. The fraction of sp³-hybridized carbons (Fsp3) is 0.382. The number of amides is 2. The first-order valence-electron chi connectivity index (χ1n) is 15.1. The van der Waals surface area contributed by atoms with E-state index in [2.05, 4.69) is 25.0 Å². The second kappa shape index (κ2) is 16.8. The third-order valence-corrected chi connectivity index (χ3v) is 8.91. The topological polar surface area (TPSA) is 122 Å². The van der Waals surface area contributed by atoms with Gasteiger partial charge >= 0.3 is 18.2 Å². The molecule has 0 unspecified atom stereocenters. The van der Waals surface area contributed by atoms with Crippen LogP contribution in [0.2, 0.25) is 25.7 Å². The van der Waals surface area contributed by atoms with Gasteiger partial charge in [-0.2, -0.15) is 0 Å². The van der Waals surface area contributed by atoms with Crippen LogP contribution in [0.4, 0.5) is 15.3 Å². The molecule has 0 fully saturated rings. The summed E-state index contributed by atoms with van der Waals surface area (Å²) in [5.41, 5.74) is 2.22. The van der Waals surface area contributed by atoms with Gasteiger partial charge in [0.25, 0.3) is 0 Å². The zero-order chi connectivity index (χ0) is 32.9. The summed E-state index contributed by atoms with van der Waals surface area (Å²) in [5, 5.41) is 2.90. The number of benzene rings is 3. The van der Waals surface area contributed by atoms with E-state index in [9.17, 15) is 14.4 Å². The molecule has 0 spiro atoms. The number of hydrogen-bond donors (Lipinski definition) is 1. The summed E-state index contributed by atoms with van der Waals surface area (Å²) in [5.74, 6) is -0.110. The Morgan fingerprint density at radius 2 is 1.57 bits per heavy atom. The van der Waals surface area contributed by atoms with Crippen molar-refractivity contribution in [2.75, 3.05) is 45.2 Å². The Bertz CT molecular complexity index is 1430. The molecule has 0 saturated heterocycles. The van der Waals surface area contributed by atoms with Crippen molar-refractivity contribution in [3.8, 4) is 5.75 Å². The van der Waals surface area contributed by atoms with Gasteiger partial charge in [0.1, 0.15) is 19.0 Å². The van der Waals surface area contributed by atoms with Gasteiger partial charge in [-0.3, -0.25) is 4.90 Å². The SMILES string of the molecule is COCCOCOc1ccc2c(c1)[C@H](NC(=O)OCc1ccccc1)[C@@H](COC(=O)c1ccccc1)N2C(=O)OCC[Si](C)(C)C. The van der Waals surface area contributed by atoms with E-state index in [0.29, 0.717) is 35.8 Å². The molecule has 0 bridgehead atoms. The van der Waals surface area contributed by atoms with Crippen LogP contribution in [0.3, 0.4) is 0 Å². The van der Waals surface area contributed by atoms with Crippen LogP contribution in [-0.4, -0.2) is 72.6 Å². The van der Waals surface area contributed by atoms with Crippen molar-refractivity contribution in [3.63, 3.8) is 0 Å². The molecule has 3 aromatic rings. The summed E-state index contributed by atoms with van der Waals surface area (Å²) in [6.45, 7) is 7.38. The van der Waals surface area contributed by atoms with Crippen LogP contribution >= 0.6 is 0 Å². The summed E-state index contributed by atoms with van der Waals surface area (Å²) in [7, 11) is 0.0852. The van der Waals surface area contributed by atoms with E-state index in [1.165, 1.54) is 4.90 Å². The van der Waals surface area contributed by atoms with Crippen molar-refractivity contribution in [2.45, 2.75) is 44.4 Å². The third kappa shape index (κ3) is 10.1. The molecule has 2 atom stereocenters. The smallest absolute Gasteiger partial charge is 0.414 e. The molecule has 12 heteroatoms. The van der Waals surface area contributed by atoms with Crippen LogP contribution < -0.4 is 15.0 Å². The number of esters is 1. The van der Waals surface area contributed by atoms with Crippen LogP contribution in [0.25, 0.3) is 0 Å². The fourth-order valence-electron chi connectivity index (χ4n) is 4.74. The summed E-state index contributed by atoms with van der Waals surface area (Å²) in [6, 6.07) is 22.1. The number of nitrogens with zero attached hydrogens (tertiary/aromatic N) is 1. The van der Waals surface area contributed by atoms with E-state index >= 15 is 0 Å². The molecule has 1 aliphatic rings. The largest absolute Gasteiger partial charge is 0.468 e. The van der Waals surface area contributed by atoms with Crippen LogP contribution in [-0.2, 0) is 30.3 Å². The van der Waals surface area contributed by atoms with Gasteiger partial charge in [0.05, 0.1) is 43.2 Å². The molecule has 1 N–H and O–H groups in total. The van der Waals surface area contributed by atoms with Gasteiger partial charge in [0.15, 0.2) is 6.79 Å². The van der Waals surface area contributed by atoms with E-state index in [-0.39, 0.29) is 26.6 Å². The van der Waals surface area contributed by atoms with Gasteiger partial charge in [0, 0.05) is 20.7 Å². The minimum Gasteiger partial charge on any atom is -0.468 e. The van der Waals surface area contributed by atoms with Crippen molar-refractivity contribution in [2.24, 2.45) is 0 Å². The minimum absolute atomic E-state index is 0.0279. The molecule has 1 aliphatic heterocycles. The first-order valence-corrected chi connectivity index (χ1v) is 18.9. The van der Waals surface area contributed by atoms with E-state index in [0.717, 1.165) is 11.6 Å². The van der Waals surface area contributed by atoms with Gasteiger partial charge in [0.2, 0.25) is 0 Å². The third-order valence-electron chi connectivity index (χ3n) is 7.21. The second-order valence-electron chi connectivity index (χ2n) is 11.9. The Morgan fingerprint density at radius 3 is 2.26 bits per heavy atom. The Hall–Kier alpha value is -4.39. The quantitative estimate of drug-likeness (QED) is 0.0676. The number of carbonyl (C=O) groups excluding carboxylic acids is 3. The number of fused-ring (bicyclic) bond motifs is 1. The Kier molecular flexibility index (Phi) is 12.6. The number of carbonyl (C=O) groups is 3. The molecule has 11 nitrogen and oxygen atoms in total. The van der Waals surface area contributed by atoms with Crippen molar-refractivity contribution in [3.05, 3.63) is 95.6 Å². The second-order valence-corrected chi connectivity index (χ2v) is 17.5. The van der Waals surface area contributed by atoms with E-state index in [1.54, 1.807) is 55.6 Å². The summed E-state index contributed by atoms with van der Waals surface area (Å²) < 4.78 is 33.2. The zero-order valence-electron chi connectivity index (χ0n) is 26.7. The van der Waals surface area contributed by atoms with Crippen LogP contribution in [0, 0.1) is 0 Å². The predicted octanol–water partition coefficient (Wildman–Crippen LogP) is 6.17. The van der Waals surface area contributed by atoms with Gasteiger partial charge in [-0.25, -0.2) is 14.4 Å². The van der Waals surface area contributed by atoms with Crippen LogP contribution in [0.1, 0.15) is 27.5 Å². The Balaban J connectivity index is 1.61. The molecule has 0 radical (unpaired) electrons. The summed E-state index contributed by atoms with van der Waals surface area (Å²) in [4.78, 5) is 41.3. The highest BCUT2D eigenvalue weighted by atomic mass is 28.3. The average Bonchev–Trinajstić information content (AvgIpc) is 3.34. The predicted molar refractivity (Wildman–Crippen MR) is 175 cm³/mol. The zero-order valence-corrected chi connectivity index (χ0v) is 27.7. The number of rotatable bonds is 15. The highest BCUT2D eigenvalue weighted by Crippen LogP contribution is 2.42. The molecule has 246 valence electrons. The van der Waals surface area contributed by atoms with Gasteiger partial charge in [-0.15, -0.1) is 0 Å². The molecular formula is C34H42N2O9Si. The molecule has 0 aliphatic carbocycles. The number of methoxy groups -OCH3 is 1. The molecule has 1 heterocycles. The maximum absolute atomic E-state index is 13.7. The fourth-order valence-corrected chi connectivity index (χ4v) is 5.45. The molecule has 46 heavy (non-hydrogen) atoms. The maximum atomic E-state index is 13.7. The lowest BCUT2D eigenvalue weighted by atomic mass is 10.0. The number of anilines is 1. The van der Waals surface area contributed by atoms with Gasteiger partial charge in [-0.05, 0) is 41.9 Å². The molecule has 3 aromatic carbocycles. The maximum Gasteiger partial charge on any atom is 0.414 e. The van der Waals surface area contributed by atoms with Crippen molar-refractivity contribution < 1.29 is 42.8 Å². The molecule has 4 rings (SSSR count). The lowest BCUT2D eigenvalue weighted by Gasteiger charge is -2.28. The lowest BCUT2D eigenvalue weighted by molar-refractivity contribution is -0.00851. The minimum atomic E-state index is -1.50. The monoisotopic (exact) mass is 650 g/mol. The Morgan fingerprint density at radius 1 is 0.848 bits per heavy atom. The van der Waals surface area contributed by atoms with Crippen molar-refractivity contribution in [1.82, 2.24) is 5.32 Å². The van der Waals surface area contributed by atoms with Crippen LogP contribution in [0.5, 0.6) is 5.75 Å². The normalized spacial score (nSPS) is 15.5. The van der Waals surface area contributed by atoms with Gasteiger partial charge in [-0.1, -0.05) is 68.2 Å². The Labute approximate surface area is 270 Å². The average molecular weight is 651 g/mol. The molecule has 0 saturated carbocycles. The number of hydrogen-bond acceptors (Lipinski definition) is 9. The first-order chi connectivity index (χ1) is 22.2. The highest BCUT2D eigenvalue weighted by Gasteiger charge is 2.45. The van der Waals surface area contributed by atoms with Crippen molar-refractivity contribution >= 4 is 31.9 Å². The molecule has 0 aromatic heterocycles. The molecule has 2 amide bonds. The number of ether oxygens (including phenoxy) is 6. The standard InChI is InChI=1S/C34H42N2O9Si/c1-40-17-18-41-24-45-27-15-16-29-28(21-27)31(35-33(38)44-22-25-11-7-5-8-12-25)30(23-43-32(37)26-13-9-6-10-14-26)36(29)34(39)42-19-20-46(2,3)4/h5-16,21,30-31H,17-20,22-24H2,1-4H3,(H,35,38)/t30-,31+/m1/s1.